The van der Waals surface area contributed by atoms with Crippen molar-refractivity contribution in [2.75, 3.05) is 44.1 Å². The molecule has 7 nitrogen and oxygen atoms in total. The van der Waals surface area contributed by atoms with Crippen molar-refractivity contribution in [1.82, 2.24) is 14.1 Å². The molecule has 0 saturated carbocycles. The van der Waals surface area contributed by atoms with Crippen molar-refractivity contribution in [1.29, 1.82) is 1.43 Å². The lowest BCUT2D eigenvalue weighted by atomic mass is 10.1. The summed E-state index contributed by atoms with van der Waals surface area (Å²) in [6.07, 6.45) is -4.20. The van der Waals surface area contributed by atoms with Crippen molar-refractivity contribution < 1.29 is 42.0 Å². The standard InChI is InChI=1S/C13H24N4O3S/c1-13(2,3)14-8-10(18)9-20-12-11(15-21-16-12)17-4-6-19-7-5-17/h10,14,18H,4-9H2,1-3H3/t10-/m0/s1/i1D3,2D3,4D2,5D2,6D2,7D2,8D2,9D2,10D,18D/hD. The molecule has 1 saturated heterocycles. The lowest BCUT2D eigenvalue weighted by molar-refractivity contribution is 0.0975. The third kappa shape index (κ3) is 5.39. The van der Waals surface area contributed by atoms with Crippen LogP contribution in [0.15, 0.2) is 0 Å². The van der Waals surface area contributed by atoms with Crippen molar-refractivity contribution in [2.24, 2.45) is 0 Å². The Bertz CT molecular complexity index is 1110. The monoisotopic (exact) mass is 337 g/mol. The van der Waals surface area contributed by atoms with Gasteiger partial charge in [-0.25, -0.2) is 0 Å². The molecule has 1 aliphatic heterocycles. The van der Waals surface area contributed by atoms with E-state index in [0.717, 1.165) is 0 Å². The SMILES string of the molecule is [2H]O[C@]([2H])(C([2H])([2H])Oc1nsnc1N1C([2H])([2H])C([2H])([2H])OC([2H])([2H])C1([2H])[2H])C([2H])([2H])N([2H])C(C)(C([2H])([2H])[2H])C([2H])([2H])[2H]. The maximum atomic E-state index is 8.33. The maximum absolute atomic E-state index is 8.33. The third-order valence-corrected chi connectivity index (χ3v) is 2.19. The van der Waals surface area contributed by atoms with E-state index in [0.29, 0.717) is 6.92 Å². The Morgan fingerprint density at radius 1 is 1.76 bits per heavy atom. The highest BCUT2D eigenvalue weighted by molar-refractivity contribution is 6.99. The van der Waals surface area contributed by atoms with Crippen LogP contribution in [0.4, 0.5) is 5.82 Å². The maximum Gasteiger partial charge on any atom is 0.270 e. The Hall–Kier alpha value is -0.960. The summed E-state index contributed by atoms with van der Waals surface area (Å²) in [5.41, 5.74) is -3.45. The van der Waals surface area contributed by atoms with E-state index < -0.39 is 81.5 Å². The van der Waals surface area contributed by atoms with Gasteiger partial charge < -0.3 is 24.8 Å². The zero-order valence-corrected chi connectivity index (χ0v) is 11.2. The Labute approximate surface area is 159 Å². The summed E-state index contributed by atoms with van der Waals surface area (Å²) in [6.45, 7) is -29.7. The Morgan fingerprint density at radius 2 is 2.57 bits per heavy atom. The second-order valence-electron chi connectivity index (χ2n) is 3.59. The molecule has 120 valence electrons. The molecule has 1 aliphatic rings. The van der Waals surface area contributed by atoms with Crippen molar-refractivity contribution >= 4 is 17.5 Å². The molecule has 0 aliphatic carbocycles. The number of rotatable bonds is 7. The first-order valence-corrected chi connectivity index (χ1v) is 5.93. The zero-order chi connectivity index (χ0) is 33.6. The van der Waals surface area contributed by atoms with E-state index in [9.17, 15) is 0 Å². The molecule has 0 spiro atoms. The fraction of sp³-hybridized carbons (Fsp3) is 0.846. The highest BCUT2D eigenvalue weighted by atomic mass is 32.1. The molecule has 1 fully saturated rings. The quantitative estimate of drug-likeness (QED) is 0.750. The summed E-state index contributed by atoms with van der Waals surface area (Å²) in [5.74, 6) is -2.54. The Balaban J connectivity index is 2.71. The van der Waals surface area contributed by atoms with Gasteiger partial charge in [0.05, 0.1) is 39.9 Å². The lowest BCUT2D eigenvalue weighted by Crippen LogP contribution is -2.42. The van der Waals surface area contributed by atoms with Gasteiger partial charge in [-0.15, -0.1) is 4.37 Å². The van der Waals surface area contributed by atoms with Crippen LogP contribution in [0, 0.1) is 0 Å². The summed E-state index contributed by atoms with van der Waals surface area (Å²) in [4.78, 5) is -0.267. The molecular formula is C13H24N4O3S. The minimum absolute atomic E-state index is 0.0541. The van der Waals surface area contributed by atoms with Gasteiger partial charge in [-0.1, -0.05) is 0 Å². The van der Waals surface area contributed by atoms with Gasteiger partial charge >= 0.3 is 0 Å². The number of anilines is 1. The number of hydrogen-bond donors (Lipinski definition) is 2. The molecule has 0 unspecified atom stereocenters. The van der Waals surface area contributed by atoms with Crippen molar-refractivity contribution in [2.45, 2.75) is 32.2 Å². The molecule has 2 rings (SSSR count). The first-order valence-electron chi connectivity index (χ1n) is 15.6. The largest absolute Gasteiger partial charge is 0.472 e. The van der Waals surface area contributed by atoms with E-state index in [4.69, 9.17) is 33.6 Å². The zero-order valence-electron chi connectivity index (χ0n) is 31.4. The van der Waals surface area contributed by atoms with E-state index >= 15 is 0 Å². The van der Waals surface area contributed by atoms with Crippen molar-refractivity contribution in [3.05, 3.63) is 0 Å². The molecule has 0 bridgehead atoms. The van der Waals surface area contributed by atoms with Crippen molar-refractivity contribution in [3.63, 3.8) is 0 Å². The molecule has 2 N–H and O–H groups in total. The minimum Gasteiger partial charge on any atom is -0.472 e. The molecule has 1 aromatic rings. The van der Waals surface area contributed by atoms with Gasteiger partial charge in [-0.2, -0.15) is 4.37 Å². The van der Waals surface area contributed by atoms with E-state index in [1.807, 2.05) is 0 Å². The average molecular weight is 338 g/mol. The summed E-state index contributed by atoms with van der Waals surface area (Å²) in [7, 11) is 0. The molecular weight excluding hydrogens is 292 g/mol. The van der Waals surface area contributed by atoms with Gasteiger partial charge in [0.25, 0.3) is 5.88 Å². The van der Waals surface area contributed by atoms with Crippen LogP contribution < -0.4 is 14.9 Å². The molecule has 2 heterocycles. The van der Waals surface area contributed by atoms with Crippen LogP contribution in [0.25, 0.3) is 0 Å². The second kappa shape index (κ2) is 7.35. The van der Waals surface area contributed by atoms with Crippen LogP contribution >= 0.6 is 11.7 Å². The van der Waals surface area contributed by atoms with Gasteiger partial charge in [0, 0.05) is 36.0 Å². The minimum atomic E-state index is -4.20. The number of β-amino-alcohol motifs (C(OH)–C–C–N with tert-alkyl or cyclic N) is 1. The molecule has 21 heavy (non-hydrogen) atoms. The summed E-state index contributed by atoms with van der Waals surface area (Å²) >= 11 is 0.0541. The molecule has 8 heteroatoms. The fourth-order valence-electron chi connectivity index (χ4n) is 0.953. The molecule has 0 amide bonds. The highest BCUT2D eigenvalue weighted by Crippen LogP contribution is 2.26. The van der Waals surface area contributed by atoms with Crippen molar-refractivity contribution in [3.8, 4) is 5.88 Å². The lowest BCUT2D eigenvalue weighted by Gasteiger charge is -2.27. The first kappa shape index (κ1) is 4.11. The topological polar surface area (TPSA) is 79.7 Å². The van der Waals surface area contributed by atoms with E-state index in [1.54, 1.807) is 0 Å². The van der Waals surface area contributed by atoms with Gasteiger partial charge in [0.2, 0.25) is 7.25 Å². The molecule has 1 aromatic heterocycles. The van der Waals surface area contributed by atoms with Crippen LogP contribution in [0.1, 0.15) is 46.7 Å². The summed E-state index contributed by atoms with van der Waals surface area (Å²) in [5, 5.41) is 3.17. The van der Waals surface area contributed by atoms with Gasteiger partial charge in [0.1, 0.15) is 14.1 Å². The molecule has 1 atom stereocenters. The molecule has 0 radical (unpaired) electrons. The Morgan fingerprint density at radius 3 is 3.29 bits per heavy atom. The number of morpholine rings is 1. The normalized spacial score (nSPS) is 46.4. The van der Waals surface area contributed by atoms with Crippen LogP contribution in [0.2, 0.25) is 1.41 Å². The number of hydrogen-bond acceptors (Lipinski definition) is 8. The number of aliphatic hydroxyl groups is 1. The van der Waals surface area contributed by atoms with E-state index in [1.165, 1.54) is 0 Å². The van der Waals surface area contributed by atoms with E-state index in [2.05, 4.69) is 18.6 Å². The van der Waals surface area contributed by atoms with Crippen LogP contribution in [-0.4, -0.2) is 66.1 Å². The summed E-state index contributed by atoms with van der Waals surface area (Å²) < 4.78 is 182. The number of nitrogens with one attached hydrogen (secondary N) is 1. The number of nitrogens with zero attached hydrogens (tertiary/aromatic N) is 3. The van der Waals surface area contributed by atoms with Gasteiger partial charge in [-0.05, 0) is 20.6 Å². The van der Waals surface area contributed by atoms with Gasteiger partial charge in [-0.3, -0.25) is 0 Å². The predicted molar refractivity (Wildman–Crippen MR) is 82.2 cm³/mol. The average Bonchev–Trinajstić information content (AvgIpc) is 3.19. The van der Waals surface area contributed by atoms with Gasteiger partial charge in [0.15, 0.2) is 0 Å². The summed E-state index contributed by atoms with van der Waals surface area (Å²) in [6, 6.07) is 0. The van der Waals surface area contributed by atoms with E-state index in [-0.39, 0.29) is 16.6 Å². The molecule has 0 aromatic carbocycles. The predicted octanol–water partition coefficient (Wildman–Crippen LogP) is 0.502. The van der Waals surface area contributed by atoms with Crippen LogP contribution in [0.3, 0.4) is 0 Å². The Kier molecular flexibility index (Phi) is 1.44. The smallest absolute Gasteiger partial charge is 0.270 e. The number of aromatic nitrogens is 2. The fourth-order valence-corrected chi connectivity index (χ4v) is 1.42. The van der Waals surface area contributed by atoms with Crippen LogP contribution in [-0.2, 0) is 4.74 Å². The first-order chi connectivity index (χ1) is 18.2. The third-order valence-electron chi connectivity index (χ3n) is 1.69. The number of ether oxygens (including phenoxy) is 2. The van der Waals surface area contributed by atoms with Crippen LogP contribution in [0.5, 0.6) is 5.88 Å². The highest BCUT2D eigenvalue weighted by Gasteiger charge is 2.21. The second-order valence-corrected chi connectivity index (χ2v) is 4.12.